The molecule has 0 saturated heterocycles. The quantitative estimate of drug-likeness (QED) is 0.427. The van der Waals surface area contributed by atoms with Gasteiger partial charge in [-0.2, -0.15) is 8.42 Å². The van der Waals surface area contributed by atoms with E-state index >= 15 is 0 Å². The Labute approximate surface area is 218 Å². The summed E-state index contributed by atoms with van der Waals surface area (Å²) in [6, 6.07) is 6.95. The molecule has 1 aromatic carbocycles. The molecule has 0 spiro atoms. The van der Waals surface area contributed by atoms with Crippen LogP contribution in [0.5, 0.6) is 0 Å². The molecule has 0 heterocycles. The fourth-order valence-corrected chi connectivity index (χ4v) is 11.0. The summed E-state index contributed by atoms with van der Waals surface area (Å²) in [6.07, 6.45) is 13.6. The van der Waals surface area contributed by atoms with Gasteiger partial charge < -0.3 is 5.11 Å². The number of rotatable bonds is 6. The number of aliphatic hydroxyl groups is 1. The first-order chi connectivity index (χ1) is 17.1. The average Bonchev–Trinajstić information content (AvgIpc) is 3.65. The van der Waals surface area contributed by atoms with Crippen molar-refractivity contribution in [2.75, 3.05) is 6.61 Å². The van der Waals surface area contributed by atoms with Gasteiger partial charge in [-0.05, 0) is 142 Å². The van der Waals surface area contributed by atoms with Crippen molar-refractivity contribution in [2.45, 2.75) is 102 Å². The van der Waals surface area contributed by atoms with E-state index in [1.807, 2.05) is 19.1 Å². The Kier molecular flexibility index (Phi) is 6.40. The fraction of sp³-hybridized carbons (Fsp3) is 0.806. The lowest BCUT2D eigenvalue weighted by Gasteiger charge is -2.57. The lowest BCUT2D eigenvalue weighted by atomic mass is 9.48. The van der Waals surface area contributed by atoms with Crippen LogP contribution >= 0.6 is 0 Å². The zero-order valence-electron chi connectivity index (χ0n) is 22.5. The first kappa shape index (κ1) is 25.4. The number of hydrogen-bond acceptors (Lipinski definition) is 4. The van der Waals surface area contributed by atoms with Crippen LogP contribution in [-0.2, 0) is 14.3 Å². The topological polar surface area (TPSA) is 63.6 Å². The zero-order chi connectivity index (χ0) is 25.3. The van der Waals surface area contributed by atoms with E-state index in [0.29, 0.717) is 17.3 Å². The summed E-state index contributed by atoms with van der Waals surface area (Å²) in [5.74, 6) is 5.36. The van der Waals surface area contributed by atoms with Gasteiger partial charge in [-0.25, -0.2) is 0 Å². The molecule has 0 aliphatic heterocycles. The third-order valence-corrected chi connectivity index (χ3v) is 13.2. The molecular weight excluding hydrogens is 468 g/mol. The Morgan fingerprint density at radius 1 is 0.944 bits per heavy atom. The maximum atomic E-state index is 12.8. The predicted molar refractivity (Wildman–Crippen MR) is 142 cm³/mol. The summed E-state index contributed by atoms with van der Waals surface area (Å²) in [5, 5.41) is 11.3. The molecule has 0 radical (unpaired) electrons. The van der Waals surface area contributed by atoms with Gasteiger partial charge in [0.1, 0.15) is 0 Å². The van der Waals surface area contributed by atoms with Gasteiger partial charge in [-0.3, -0.25) is 4.18 Å². The minimum Gasteiger partial charge on any atom is -0.390 e. The predicted octanol–water partition coefficient (Wildman–Crippen LogP) is 6.75. The SMILES string of the molecule is Cc1ccc(S(=O)(=O)OCC(C)[C@H]2CC[C@H]3[C@@H]4CC[C@@H]5C[C@@](O)(C6CC6)CC[C@@H]5[C@H]4CC[C@]23C)cc1. The second-order valence-corrected chi connectivity index (χ2v) is 15.4. The van der Waals surface area contributed by atoms with Gasteiger partial charge in [0.2, 0.25) is 0 Å². The normalized spacial score (nSPS) is 43.3. The molecule has 5 fully saturated rings. The first-order valence-corrected chi connectivity index (χ1v) is 16.2. The highest BCUT2D eigenvalue weighted by atomic mass is 32.2. The highest BCUT2D eigenvalue weighted by Crippen LogP contribution is 2.66. The summed E-state index contributed by atoms with van der Waals surface area (Å²) in [7, 11) is -3.71. The Hall–Kier alpha value is -0.910. The van der Waals surface area contributed by atoms with Crippen molar-refractivity contribution in [3.05, 3.63) is 29.8 Å². The highest BCUT2D eigenvalue weighted by molar-refractivity contribution is 7.86. The van der Waals surface area contributed by atoms with Gasteiger partial charge in [0.25, 0.3) is 10.1 Å². The van der Waals surface area contributed by atoms with E-state index in [9.17, 15) is 13.5 Å². The van der Waals surface area contributed by atoms with Crippen LogP contribution < -0.4 is 0 Å². The van der Waals surface area contributed by atoms with Gasteiger partial charge in [-0.15, -0.1) is 0 Å². The Morgan fingerprint density at radius 2 is 1.67 bits per heavy atom. The molecule has 1 aromatic rings. The number of benzene rings is 1. The number of fused-ring (bicyclic) bond motifs is 5. The molecule has 1 N–H and O–H groups in total. The molecule has 6 rings (SSSR count). The van der Waals surface area contributed by atoms with Crippen molar-refractivity contribution >= 4 is 10.1 Å². The van der Waals surface area contributed by atoms with Crippen molar-refractivity contribution in [3.63, 3.8) is 0 Å². The maximum Gasteiger partial charge on any atom is 0.296 e. The summed E-state index contributed by atoms with van der Waals surface area (Å²) in [6.45, 7) is 6.98. The number of hydrogen-bond donors (Lipinski definition) is 1. The van der Waals surface area contributed by atoms with Crippen LogP contribution in [0.2, 0.25) is 0 Å². The van der Waals surface area contributed by atoms with E-state index < -0.39 is 10.1 Å². The van der Waals surface area contributed by atoms with Gasteiger partial charge in [0.05, 0.1) is 17.1 Å². The van der Waals surface area contributed by atoms with Crippen molar-refractivity contribution in [1.82, 2.24) is 0 Å². The third kappa shape index (κ3) is 4.29. The molecule has 1 unspecified atom stereocenters. The van der Waals surface area contributed by atoms with Crippen LogP contribution in [-0.4, -0.2) is 25.7 Å². The zero-order valence-corrected chi connectivity index (χ0v) is 23.3. The van der Waals surface area contributed by atoms with E-state index in [2.05, 4.69) is 13.8 Å². The molecule has 5 aliphatic rings. The van der Waals surface area contributed by atoms with Crippen LogP contribution in [0.4, 0.5) is 0 Å². The van der Waals surface area contributed by atoms with Gasteiger partial charge in [0.15, 0.2) is 0 Å². The number of aryl methyl sites for hydroxylation is 1. The van der Waals surface area contributed by atoms with E-state index in [1.165, 1.54) is 57.8 Å². The third-order valence-electron chi connectivity index (χ3n) is 11.9. The smallest absolute Gasteiger partial charge is 0.296 e. The Bertz CT molecular complexity index is 1060. The van der Waals surface area contributed by atoms with E-state index in [1.54, 1.807) is 12.1 Å². The fourth-order valence-electron chi connectivity index (χ4n) is 9.96. The van der Waals surface area contributed by atoms with E-state index in [-0.39, 0.29) is 23.0 Å². The molecule has 5 aliphatic carbocycles. The standard InChI is InChI=1S/C31H46O4S/c1-20-4-9-24(10-5-20)36(33,34)35-19-21(2)28-12-13-29-27-11-6-22-18-31(32,23-7-8-23)17-15-25(22)26(27)14-16-30(28,29)3/h4-5,9-10,21-23,25-29,32H,6-8,11-19H2,1-3H3/t21?,22-,25+,26-,27-,28-,29+,30-,31-/m1/s1. The van der Waals surface area contributed by atoms with Crippen molar-refractivity contribution in [3.8, 4) is 0 Å². The maximum absolute atomic E-state index is 12.8. The highest BCUT2D eigenvalue weighted by Gasteiger charge is 2.59. The largest absolute Gasteiger partial charge is 0.390 e. The summed E-state index contributed by atoms with van der Waals surface area (Å²) < 4.78 is 31.2. The van der Waals surface area contributed by atoms with E-state index in [0.717, 1.165) is 48.0 Å². The molecule has 4 nitrogen and oxygen atoms in total. The van der Waals surface area contributed by atoms with Crippen molar-refractivity contribution < 1.29 is 17.7 Å². The second-order valence-electron chi connectivity index (χ2n) is 13.8. The molecule has 0 aromatic heterocycles. The lowest BCUT2D eigenvalue weighted by molar-refractivity contribution is -0.115. The molecule has 36 heavy (non-hydrogen) atoms. The summed E-state index contributed by atoms with van der Waals surface area (Å²) in [5.41, 5.74) is 1.00. The van der Waals surface area contributed by atoms with Crippen molar-refractivity contribution in [2.24, 2.45) is 52.8 Å². The minimum atomic E-state index is -3.71. The van der Waals surface area contributed by atoms with Crippen molar-refractivity contribution in [1.29, 1.82) is 0 Å². The van der Waals surface area contributed by atoms with Crippen LogP contribution in [0, 0.1) is 59.7 Å². The Morgan fingerprint density at radius 3 is 2.39 bits per heavy atom. The van der Waals surface area contributed by atoms with E-state index in [4.69, 9.17) is 4.18 Å². The molecule has 200 valence electrons. The molecule has 5 heteroatoms. The molecule has 0 amide bonds. The van der Waals surface area contributed by atoms with Crippen LogP contribution in [0.1, 0.15) is 90.0 Å². The Balaban J connectivity index is 1.11. The molecule has 5 saturated carbocycles. The molecule has 0 bridgehead atoms. The molecule has 9 atom stereocenters. The lowest BCUT2D eigenvalue weighted by Crippen LogP contribution is -2.51. The molecular formula is C31H46O4S. The van der Waals surface area contributed by atoms with Gasteiger partial charge in [-0.1, -0.05) is 31.5 Å². The van der Waals surface area contributed by atoms with Crippen LogP contribution in [0.15, 0.2) is 29.2 Å². The summed E-state index contributed by atoms with van der Waals surface area (Å²) >= 11 is 0. The monoisotopic (exact) mass is 514 g/mol. The average molecular weight is 515 g/mol. The second kappa shape index (κ2) is 9.09. The van der Waals surface area contributed by atoms with Gasteiger partial charge >= 0.3 is 0 Å². The van der Waals surface area contributed by atoms with Crippen LogP contribution in [0.25, 0.3) is 0 Å². The van der Waals surface area contributed by atoms with Gasteiger partial charge in [0, 0.05) is 0 Å². The minimum absolute atomic E-state index is 0.233. The van der Waals surface area contributed by atoms with Crippen LogP contribution in [0.3, 0.4) is 0 Å². The summed E-state index contributed by atoms with van der Waals surface area (Å²) in [4.78, 5) is 0.258. The first-order valence-electron chi connectivity index (χ1n) is 14.8.